The first-order valence-electron chi connectivity index (χ1n) is 8.40. The number of rotatable bonds is 7. The van der Waals surface area contributed by atoms with Gasteiger partial charge in [0.2, 0.25) is 0 Å². The third-order valence-electron chi connectivity index (χ3n) is 4.25. The quantitative estimate of drug-likeness (QED) is 0.369. The first kappa shape index (κ1) is 19.8. The average molecular weight is 446 g/mol. The minimum Gasteiger partial charge on any atom is -0.496 e. The van der Waals surface area contributed by atoms with Crippen LogP contribution in [0.1, 0.15) is 43.9 Å². The lowest BCUT2D eigenvalue weighted by atomic mass is 10.1. The van der Waals surface area contributed by atoms with E-state index in [1.165, 1.54) is 7.11 Å². The van der Waals surface area contributed by atoms with Gasteiger partial charge in [-0.05, 0) is 30.3 Å². The van der Waals surface area contributed by atoms with E-state index < -0.39 is 24.5 Å². The Morgan fingerprint density at radius 2 is 1.64 bits per heavy atom. The fraction of sp³-hybridized carbons (Fsp3) is 0.200. The van der Waals surface area contributed by atoms with Crippen LogP contribution in [0.5, 0.6) is 5.75 Å². The maximum absolute atomic E-state index is 12.4. The third-order valence-corrected chi connectivity index (χ3v) is 4.74. The van der Waals surface area contributed by atoms with Gasteiger partial charge in [0.1, 0.15) is 5.75 Å². The van der Waals surface area contributed by atoms with Crippen molar-refractivity contribution in [3.63, 3.8) is 0 Å². The van der Waals surface area contributed by atoms with E-state index in [0.717, 1.165) is 4.90 Å². The highest BCUT2D eigenvalue weighted by atomic mass is 79.9. The van der Waals surface area contributed by atoms with Crippen molar-refractivity contribution in [3.05, 3.63) is 63.6 Å². The predicted molar refractivity (Wildman–Crippen MR) is 102 cm³/mol. The van der Waals surface area contributed by atoms with Crippen LogP contribution in [0.15, 0.2) is 46.9 Å². The Hall–Kier alpha value is -3.00. The number of benzene rings is 2. The number of nitrogens with zero attached hydrogens (tertiary/aromatic N) is 1. The third kappa shape index (κ3) is 3.96. The van der Waals surface area contributed by atoms with Gasteiger partial charge >= 0.3 is 5.97 Å². The number of carbonyl (C=O) groups excluding carboxylic acids is 4. The molecule has 0 spiro atoms. The molecule has 2 aromatic rings. The van der Waals surface area contributed by atoms with Crippen molar-refractivity contribution >= 4 is 39.5 Å². The second kappa shape index (κ2) is 8.35. The smallest absolute Gasteiger partial charge is 0.307 e. The lowest BCUT2D eigenvalue weighted by Gasteiger charge is -2.14. The SMILES string of the molecule is COc1ccc(Br)cc1C(=O)CCC(=O)OCN1C(=O)c2ccccc2C1=O. The molecule has 0 N–H and O–H groups in total. The van der Waals surface area contributed by atoms with Crippen LogP contribution in [-0.2, 0) is 9.53 Å². The van der Waals surface area contributed by atoms with Crippen LogP contribution in [-0.4, -0.2) is 42.3 Å². The molecule has 0 unspecified atom stereocenters. The number of hydrogen-bond donors (Lipinski definition) is 0. The molecule has 0 saturated heterocycles. The highest BCUT2D eigenvalue weighted by Crippen LogP contribution is 2.25. The summed E-state index contributed by atoms with van der Waals surface area (Å²) in [6.45, 7) is -0.487. The summed E-state index contributed by atoms with van der Waals surface area (Å²) in [5, 5.41) is 0. The Morgan fingerprint density at radius 3 is 2.25 bits per heavy atom. The van der Waals surface area contributed by atoms with Gasteiger partial charge in [0.05, 0.1) is 30.2 Å². The van der Waals surface area contributed by atoms with Gasteiger partial charge < -0.3 is 9.47 Å². The molecule has 2 aromatic carbocycles. The van der Waals surface area contributed by atoms with Crippen LogP contribution in [0.4, 0.5) is 0 Å². The van der Waals surface area contributed by atoms with Crippen LogP contribution in [0.3, 0.4) is 0 Å². The minimum atomic E-state index is -0.682. The number of imide groups is 1. The molecule has 0 aromatic heterocycles. The molecule has 0 aliphatic carbocycles. The van der Waals surface area contributed by atoms with E-state index in [1.54, 1.807) is 42.5 Å². The number of halogens is 1. The van der Waals surface area contributed by atoms with Gasteiger partial charge in [-0.3, -0.25) is 19.2 Å². The molecule has 3 rings (SSSR count). The van der Waals surface area contributed by atoms with Crippen LogP contribution < -0.4 is 4.74 Å². The molecule has 8 heteroatoms. The van der Waals surface area contributed by atoms with E-state index in [9.17, 15) is 19.2 Å². The van der Waals surface area contributed by atoms with Gasteiger partial charge in [-0.25, -0.2) is 4.90 Å². The number of methoxy groups -OCH3 is 1. The summed E-state index contributed by atoms with van der Waals surface area (Å²) in [4.78, 5) is 49.6. The molecule has 0 bridgehead atoms. The first-order valence-corrected chi connectivity index (χ1v) is 9.19. The fourth-order valence-corrected chi connectivity index (χ4v) is 3.17. The van der Waals surface area contributed by atoms with Gasteiger partial charge in [-0.1, -0.05) is 28.1 Å². The normalized spacial score (nSPS) is 12.7. The standard InChI is InChI=1S/C20H16BrNO6/c1-27-17-8-6-12(21)10-15(17)16(23)7-9-18(24)28-11-22-19(25)13-4-2-3-5-14(13)20(22)26/h2-6,8,10H,7,9,11H2,1H3. The molecule has 0 fully saturated rings. The molecule has 1 heterocycles. The molecular weight excluding hydrogens is 430 g/mol. The minimum absolute atomic E-state index is 0.0895. The molecule has 1 aliphatic rings. The molecule has 144 valence electrons. The Bertz CT molecular complexity index is 936. The number of ketones is 1. The van der Waals surface area contributed by atoms with Crippen LogP contribution in [0.2, 0.25) is 0 Å². The van der Waals surface area contributed by atoms with Crippen molar-refractivity contribution in [2.24, 2.45) is 0 Å². The van der Waals surface area contributed by atoms with Gasteiger partial charge in [-0.2, -0.15) is 0 Å². The number of fused-ring (bicyclic) bond motifs is 1. The Morgan fingerprint density at radius 1 is 1.00 bits per heavy atom. The van der Waals surface area contributed by atoms with E-state index in [-0.39, 0.29) is 29.8 Å². The van der Waals surface area contributed by atoms with Crippen LogP contribution in [0, 0.1) is 0 Å². The number of amides is 2. The van der Waals surface area contributed by atoms with Crippen molar-refractivity contribution < 1.29 is 28.7 Å². The van der Waals surface area contributed by atoms with E-state index in [1.807, 2.05) is 0 Å². The lowest BCUT2D eigenvalue weighted by Crippen LogP contribution is -2.33. The zero-order chi connectivity index (χ0) is 20.3. The van der Waals surface area contributed by atoms with E-state index in [2.05, 4.69) is 15.9 Å². The highest BCUT2D eigenvalue weighted by molar-refractivity contribution is 9.10. The first-order chi connectivity index (χ1) is 13.4. The molecule has 7 nitrogen and oxygen atoms in total. The highest BCUT2D eigenvalue weighted by Gasteiger charge is 2.35. The zero-order valence-corrected chi connectivity index (χ0v) is 16.5. The molecule has 28 heavy (non-hydrogen) atoms. The lowest BCUT2D eigenvalue weighted by molar-refractivity contribution is -0.146. The zero-order valence-electron chi connectivity index (χ0n) is 14.9. The second-order valence-electron chi connectivity index (χ2n) is 6.00. The molecule has 0 atom stereocenters. The Kier molecular flexibility index (Phi) is 5.89. The van der Waals surface area contributed by atoms with E-state index >= 15 is 0 Å². The number of ether oxygens (including phenoxy) is 2. The summed E-state index contributed by atoms with van der Waals surface area (Å²) in [5.41, 5.74) is 0.908. The van der Waals surface area contributed by atoms with Crippen molar-refractivity contribution in [1.82, 2.24) is 4.90 Å². The average Bonchev–Trinajstić information content (AvgIpc) is 2.95. The molecule has 1 aliphatic heterocycles. The number of esters is 1. The number of Topliss-reactive ketones (excluding diaryl/α,β-unsaturated/α-hetero) is 1. The summed E-state index contributed by atoms with van der Waals surface area (Å²) in [6.07, 6.45) is -0.272. The van der Waals surface area contributed by atoms with E-state index in [0.29, 0.717) is 15.8 Å². The number of carbonyl (C=O) groups is 4. The molecular formula is C20H16BrNO6. The van der Waals surface area contributed by atoms with Gasteiger partial charge in [0.25, 0.3) is 11.8 Å². The fourth-order valence-electron chi connectivity index (χ4n) is 2.81. The van der Waals surface area contributed by atoms with Crippen LogP contribution >= 0.6 is 15.9 Å². The van der Waals surface area contributed by atoms with Crippen molar-refractivity contribution in [2.45, 2.75) is 12.8 Å². The topological polar surface area (TPSA) is 90.0 Å². The van der Waals surface area contributed by atoms with Crippen molar-refractivity contribution in [3.8, 4) is 5.75 Å². The summed E-state index contributed by atoms with van der Waals surface area (Å²) in [7, 11) is 1.45. The maximum atomic E-state index is 12.4. The Balaban J connectivity index is 1.55. The largest absolute Gasteiger partial charge is 0.496 e. The van der Waals surface area contributed by atoms with Gasteiger partial charge in [-0.15, -0.1) is 0 Å². The summed E-state index contributed by atoms with van der Waals surface area (Å²) in [6, 6.07) is 11.4. The Labute approximate surface area is 169 Å². The van der Waals surface area contributed by atoms with Crippen molar-refractivity contribution in [2.75, 3.05) is 13.8 Å². The summed E-state index contributed by atoms with van der Waals surface area (Å²) < 4.78 is 10.9. The summed E-state index contributed by atoms with van der Waals surface area (Å²) in [5.74, 6) is -1.58. The monoisotopic (exact) mass is 445 g/mol. The van der Waals surface area contributed by atoms with Gasteiger partial charge in [0, 0.05) is 10.9 Å². The summed E-state index contributed by atoms with van der Waals surface area (Å²) >= 11 is 3.29. The van der Waals surface area contributed by atoms with Crippen LogP contribution in [0.25, 0.3) is 0 Å². The second-order valence-corrected chi connectivity index (χ2v) is 6.91. The molecule has 0 radical (unpaired) electrons. The van der Waals surface area contributed by atoms with Gasteiger partial charge in [0.15, 0.2) is 12.5 Å². The molecule has 2 amide bonds. The molecule has 0 saturated carbocycles. The number of hydrogen-bond acceptors (Lipinski definition) is 6. The van der Waals surface area contributed by atoms with E-state index in [4.69, 9.17) is 9.47 Å². The van der Waals surface area contributed by atoms with Crippen molar-refractivity contribution in [1.29, 1.82) is 0 Å². The predicted octanol–water partition coefficient (Wildman–Crippen LogP) is 3.22. The maximum Gasteiger partial charge on any atom is 0.307 e.